The Hall–Kier alpha value is -2.58. The molecular formula is C19H19ClN4O3S. The molecule has 1 N–H and O–H groups in total. The molecule has 7 nitrogen and oxygen atoms in total. The molecular weight excluding hydrogens is 400 g/mol. The van der Waals surface area contributed by atoms with Crippen molar-refractivity contribution in [2.24, 2.45) is 7.05 Å². The van der Waals surface area contributed by atoms with Crippen LogP contribution in [0.1, 0.15) is 22.6 Å². The summed E-state index contributed by atoms with van der Waals surface area (Å²) in [7, 11) is -1.61. The third-order valence-corrected chi connectivity index (χ3v) is 6.28. The van der Waals surface area contributed by atoms with Crippen molar-refractivity contribution in [3.63, 3.8) is 0 Å². The number of nitrogens with one attached hydrogen (secondary N) is 1. The molecule has 1 aliphatic rings. The van der Waals surface area contributed by atoms with Gasteiger partial charge in [0.2, 0.25) is 10.0 Å². The number of aryl methyl sites for hydroxylation is 2. The largest absolute Gasteiger partial charge is 0.323 e. The van der Waals surface area contributed by atoms with Gasteiger partial charge in [-0.3, -0.25) is 9.10 Å². The maximum Gasteiger partial charge on any atom is 0.291 e. The van der Waals surface area contributed by atoms with Crippen molar-refractivity contribution < 1.29 is 13.2 Å². The van der Waals surface area contributed by atoms with Crippen LogP contribution in [0.3, 0.4) is 0 Å². The molecule has 0 atom stereocenters. The first kappa shape index (κ1) is 18.8. The van der Waals surface area contributed by atoms with Gasteiger partial charge in [-0.05, 0) is 48.7 Å². The Labute approximate surface area is 168 Å². The first-order chi connectivity index (χ1) is 13.2. The molecule has 0 saturated heterocycles. The van der Waals surface area contributed by atoms with E-state index < -0.39 is 10.0 Å². The van der Waals surface area contributed by atoms with Crippen molar-refractivity contribution in [3.8, 4) is 0 Å². The molecule has 146 valence electrons. The molecule has 1 amide bonds. The van der Waals surface area contributed by atoms with Crippen molar-refractivity contribution in [1.82, 2.24) is 9.55 Å². The van der Waals surface area contributed by atoms with Crippen LogP contribution in [0.4, 0.5) is 11.4 Å². The van der Waals surface area contributed by atoms with Crippen LogP contribution in [0.25, 0.3) is 11.0 Å². The lowest BCUT2D eigenvalue weighted by molar-refractivity contribution is 0.101. The lowest BCUT2D eigenvalue weighted by atomic mass is 10.0. The number of carbonyl (C=O) groups excluding carboxylic acids is 1. The summed E-state index contributed by atoms with van der Waals surface area (Å²) in [5, 5.41) is 3.37. The number of amides is 1. The summed E-state index contributed by atoms with van der Waals surface area (Å²) >= 11 is 6.00. The molecule has 1 aliphatic heterocycles. The quantitative estimate of drug-likeness (QED) is 0.707. The van der Waals surface area contributed by atoms with Gasteiger partial charge < -0.3 is 9.88 Å². The van der Waals surface area contributed by atoms with E-state index in [0.717, 1.165) is 23.9 Å². The van der Waals surface area contributed by atoms with Crippen LogP contribution in [0, 0.1) is 0 Å². The van der Waals surface area contributed by atoms with Gasteiger partial charge >= 0.3 is 0 Å². The summed E-state index contributed by atoms with van der Waals surface area (Å²) in [5.41, 5.74) is 3.51. The maximum atomic E-state index is 12.8. The van der Waals surface area contributed by atoms with Gasteiger partial charge in [-0.1, -0.05) is 17.7 Å². The molecule has 0 spiro atoms. The lowest BCUT2D eigenvalue weighted by Gasteiger charge is -2.29. The molecule has 0 unspecified atom stereocenters. The van der Waals surface area contributed by atoms with Crippen molar-refractivity contribution in [3.05, 3.63) is 52.8 Å². The summed E-state index contributed by atoms with van der Waals surface area (Å²) in [6.07, 6.45) is 2.77. The van der Waals surface area contributed by atoms with E-state index in [-0.39, 0.29) is 11.7 Å². The summed E-state index contributed by atoms with van der Waals surface area (Å²) in [5.74, 6) is -0.133. The second-order valence-corrected chi connectivity index (χ2v) is 9.21. The molecule has 28 heavy (non-hydrogen) atoms. The van der Waals surface area contributed by atoms with Gasteiger partial charge in [0.1, 0.15) is 0 Å². The monoisotopic (exact) mass is 418 g/mol. The van der Waals surface area contributed by atoms with Gasteiger partial charge in [0.15, 0.2) is 5.82 Å². The predicted molar refractivity (Wildman–Crippen MR) is 111 cm³/mol. The summed E-state index contributed by atoms with van der Waals surface area (Å²) in [4.78, 5) is 17.1. The van der Waals surface area contributed by atoms with E-state index in [2.05, 4.69) is 10.3 Å². The summed E-state index contributed by atoms with van der Waals surface area (Å²) in [6.45, 7) is 0.439. The average molecular weight is 419 g/mol. The molecule has 3 aromatic rings. The van der Waals surface area contributed by atoms with Gasteiger partial charge in [-0.25, -0.2) is 13.4 Å². The Bertz CT molecular complexity index is 1200. The topological polar surface area (TPSA) is 84.3 Å². The minimum absolute atomic E-state index is 0.245. The number of nitrogens with zero attached hydrogens (tertiary/aromatic N) is 3. The molecule has 0 radical (unpaired) electrons. The molecule has 0 bridgehead atoms. The number of rotatable bonds is 3. The number of sulfonamides is 1. The van der Waals surface area contributed by atoms with Crippen LogP contribution in [0.5, 0.6) is 0 Å². The Morgan fingerprint density at radius 2 is 2.00 bits per heavy atom. The molecule has 2 aromatic carbocycles. The van der Waals surface area contributed by atoms with Gasteiger partial charge in [-0.15, -0.1) is 0 Å². The van der Waals surface area contributed by atoms with Crippen molar-refractivity contribution >= 4 is 49.9 Å². The van der Waals surface area contributed by atoms with Crippen LogP contribution >= 0.6 is 11.6 Å². The Kier molecular flexibility index (Phi) is 4.55. The molecule has 4 rings (SSSR count). The minimum atomic E-state index is -3.37. The number of halogens is 1. The van der Waals surface area contributed by atoms with E-state index in [1.807, 2.05) is 12.1 Å². The van der Waals surface area contributed by atoms with Crippen LogP contribution in [-0.4, -0.2) is 36.7 Å². The van der Waals surface area contributed by atoms with Gasteiger partial charge in [0.25, 0.3) is 5.91 Å². The highest BCUT2D eigenvalue weighted by atomic mass is 35.5. The number of hydrogen-bond donors (Lipinski definition) is 1. The van der Waals surface area contributed by atoms with Gasteiger partial charge in [0.05, 0.1) is 23.0 Å². The standard InChI is InChI=1S/C19H19ClN4O3S/c1-23-16-8-6-13(20)10-15(16)22-18(23)19(25)21-14-7-5-12-4-3-9-24(17(12)11-14)28(2,26)27/h5-8,10-11H,3-4,9H2,1-2H3,(H,21,25). The number of benzene rings is 2. The number of carbonyl (C=O) groups is 1. The maximum absolute atomic E-state index is 12.8. The van der Waals surface area contributed by atoms with Crippen molar-refractivity contribution in [1.29, 1.82) is 0 Å². The fraction of sp³-hybridized carbons (Fsp3) is 0.263. The fourth-order valence-corrected chi connectivity index (χ4v) is 4.68. The van der Waals surface area contributed by atoms with E-state index in [0.29, 0.717) is 28.5 Å². The third-order valence-electron chi connectivity index (χ3n) is 4.87. The SMILES string of the molecule is Cn1c(C(=O)Nc2ccc3c(c2)N(S(C)(=O)=O)CCC3)nc2cc(Cl)ccc21. The highest BCUT2D eigenvalue weighted by molar-refractivity contribution is 7.92. The zero-order chi connectivity index (χ0) is 20.1. The summed E-state index contributed by atoms with van der Waals surface area (Å²) < 4.78 is 27.3. The summed E-state index contributed by atoms with van der Waals surface area (Å²) in [6, 6.07) is 10.6. The number of aromatic nitrogens is 2. The normalized spacial score (nSPS) is 14.2. The first-order valence-electron chi connectivity index (χ1n) is 8.78. The Morgan fingerprint density at radius 1 is 1.21 bits per heavy atom. The van der Waals surface area contributed by atoms with E-state index >= 15 is 0 Å². The lowest BCUT2D eigenvalue weighted by Crippen LogP contribution is -2.34. The second-order valence-electron chi connectivity index (χ2n) is 6.86. The van der Waals surface area contributed by atoms with Crippen LogP contribution in [0.2, 0.25) is 5.02 Å². The number of hydrogen-bond acceptors (Lipinski definition) is 4. The number of fused-ring (bicyclic) bond motifs is 2. The minimum Gasteiger partial charge on any atom is -0.323 e. The van der Waals surface area contributed by atoms with E-state index in [4.69, 9.17) is 11.6 Å². The molecule has 0 saturated carbocycles. The molecule has 0 fully saturated rings. The highest BCUT2D eigenvalue weighted by Gasteiger charge is 2.25. The zero-order valence-electron chi connectivity index (χ0n) is 15.4. The predicted octanol–water partition coefficient (Wildman–Crippen LogP) is 3.19. The molecule has 0 aliphatic carbocycles. The smallest absolute Gasteiger partial charge is 0.291 e. The Morgan fingerprint density at radius 3 is 2.75 bits per heavy atom. The first-order valence-corrected chi connectivity index (χ1v) is 11.0. The molecule has 1 aromatic heterocycles. The van der Waals surface area contributed by atoms with E-state index in [1.54, 1.807) is 35.9 Å². The average Bonchev–Trinajstić information content (AvgIpc) is 2.96. The van der Waals surface area contributed by atoms with Crippen LogP contribution in [-0.2, 0) is 23.5 Å². The van der Waals surface area contributed by atoms with Crippen LogP contribution in [0.15, 0.2) is 36.4 Å². The number of imidazole rings is 1. The highest BCUT2D eigenvalue weighted by Crippen LogP contribution is 2.32. The molecule has 9 heteroatoms. The van der Waals surface area contributed by atoms with Crippen LogP contribution < -0.4 is 9.62 Å². The van der Waals surface area contributed by atoms with Gasteiger partial charge in [-0.2, -0.15) is 0 Å². The van der Waals surface area contributed by atoms with Crippen molar-refractivity contribution in [2.45, 2.75) is 12.8 Å². The third kappa shape index (κ3) is 3.33. The van der Waals surface area contributed by atoms with E-state index in [9.17, 15) is 13.2 Å². The van der Waals surface area contributed by atoms with Crippen molar-refractivity contribution in [2.75, 3.05) is 22.4 Å². The number of anilines is 2. The zero-order valence-corrected chi connectivity index (χ0v) is 17.0. The molecule has 2 heterocycles. The van der Waals surface area contributed by atoms with E-state index in [1.165, 1.54) is 10.6 Å². The second kappa shape index (κ2) is 6.79. The Balaban J connectivity index is 1.67. The van der Waals surface area contributed by atoms with Gasteiger partial charge in [0, 0.05) is 24.3 Å². The fourth-order valence-electron chi connectivity index (χ4n) is 3.53.